The fourth-order valence-corrected chi connectivity index (χ4v) is 1.99. The van der Waals surface area contributed by atoms with Crippen LogP contribution in [0.3, 0.4) is 0 Å². The summed E-state index contributed by atoms with van der Waals surface area (Å²) in [5.74, 6) is 0. The van der Waals surface area contributed by atoms with Gasteiger partial charge in [-0.15, -0.1) is 12.4 Å². The van der Waals surface area contributed by atoms with E-state index in [-0.39, 0.29) is 24.2 Å². The van der Waals surface area contributed by atoms with Crippen molar-refractivity contribution in [1.29, 1.82) is 0 Å². The highest BCUT2D eigenvalue weighted by molar-refractivity contribution is 5.85. The zero-order valence-corrected chi connectivity index (χ0v) is 10.9. The summed E-state index contributed by atoms with van der Waals surface area (Å²) in [4.78, 5) is 0. The number of nitrogens with one attached hydrogen (secondary N) is 1. The molecule has 2 nitrogen and oxygen atoms in total. The summed E-state index contributed by atoms with van der Waals surface area (Å²) in [6.45, 7) is 7.26. The predicted octanol–water partition coefficient (Wildman–Crippen LogP) is 2.68. The lowest BCUT2D eigenvalue weighted by Crippen LogP contribution is -2.39. The summed E-state index contributed by atoms with van der Waals surface area (Å²) in [5.41, 5.74) is 2.77. The van der Waals surface area contributed by atoms with Crippen LogP contribution in [-0.2, 0) is 11.2 Å². The minimum atomic E-state index is 0. The van der Waals surface area contributed by atoms with Crippen LogP contribution in [0.5, 0.6) is 0 Å². The Morgan fingerprint density at radius 1 is 1.44 bits per heavy atom. The molecule has 0 aliphatic carbocycles. The lowest BCUT2D eigenvalue weighted by atomic mass is 10.1. The van der Waals surface area contributed by atoms with Gasteiger partial charge in [-0.3, -0.25) is 5.32 Å². The van der Waals surface area contributed by atoms with E-state index < -0.39 is 0 Å². The third kappa shape index (κ3) is 3.48. The SMILES string of the molecule is Cc1cccc(CC2NC(C)(C)CO2)c1.Cl. The quantitative estimate of drug-likeness (QED) is 0.860. The summed E-state index contributed by atoms with van der Waals surface area (Å²) in [5, 5.41) is 3.48. The Bertz CT molecular complexity index is 352. The average Bonchev–Trinajstić information content (AvgIpc) is 2.45. The highest BCUT2D eigenvalue weighted by atomic mass is 35.5. The second kappa shape index (κ2) is 5.17. The van der Waals surface area contributed by atoms with Crippen molar-refractivity contribution in [1.82, 2.24) is 5.32 Å². The lowest BCUT2D eigenvalue weighted by molar-refractivity contribution is 0.0987. The van der Waals surface area contributed by atoms with Gasteiger partial charge in [-0.05, 0) is 26.3 Å². The Kier molecular flexibility index (Phi) is 4.36. The average molecular weight is 242 g/mol. The van der Waals surface area contributed by atoms with E-state index in [1.807, 2.05) is 0 Å². The molecule has 1 aliphatic heterocycles. The van der Waals surface area contributed by atoms with E-state index in [9.17, 15) is 0 Å². The van der Waals surface area contributed by atoms with Gasteiger partial charge in [0.25, 0.3) is 0 Å². The van der Waals surface area contributed by atoms with Crippen molar-refractivity contribution in [3.05, 3.63) is 35.4 Å². The van der Waals surface area contributed by atoms with Crippen LogP contribution < -0.4 is 5.32 Å². The Morgan fingerprint density at radius 2 is 2.19 bits per heavy atom. The van der Waals surface area contributed by atoms with Gasteiger partial charge < -0.3 is 4.74 Å². The Labute approximate surface area is 104 Å². The molecule has 3 heteroatoms. The number of aryl methyl sites for hydroxylation is 1. The van der Waals surface area contributed by atoms with Crippen LogP contribution in [0.15, 0.2) is 24.3 Å². The standard InChI is InChI=1S/C13H19NO.ClH/c1-10-5-4-6-11(7-10)8-12-14-13(2,3)9-15-12;/h4-7,12,14H,8-9H2,1-3H3;1H. The molecule has 1 aromatic carbocycles. The van der Waals surface area contributed by atoms with Gasteiger partial charge in [-0.2, -0.15) is 0 Å². The van der Waals surface area contributed by atoms with E-state index in [2.05, 4.69) is 50.4 Å². The minimum absolute atomic E-state index is 0. The summed E-state index contributed by atoms with van der Waals surface area (Å²) in [7, 11) is 0. The molecule has 0 saturated carbocycles. The molecule has 1 atom stereocenters. The predicted molar refractivity (Wildman–Crippen MR) is 69.1 cm³/mol. The van der Waals surface area contributed by atoms with Crippen molar-refractivity contribution in [2.45, 2.75) is 39.0 Å². The molecule has 1 N–H and O–H groups in total. The number of halogens is 1. The van der Waals surface area contributed by atoms with Crippen molar-refractivity contribution < 1.29 is 4.74 Å². The largest absolute Gasteiger partial charge is 0.361 e. The fourth-order valence-electron chi connectivity index (χ4n) is 1.99. The van der Waals surface area contributed by atoms with Crippen molar-refractivity contribution in [2.24, 2.45) is 0 Å². The second-order valence-electron chi connectivity index (χ2n) is 5.02. The van der Waals surface area contributed by atoms with E-state index in [0.29, 0.717) is 0 Å². The van der Waals surface area contributed by atoms with Crippen LogP contribution in [0.4, 0.5) is 0 Å². The number of benzene rings is 1. The third-order valence-electron chi connectivity index (χ3n) is 2.70. The molecule has 0 radical (unpaired) electrons. The Balaban J connectivity index is 0.00000128. The van der Waals surface area contributed by atoms with Crippen LogP contribution in [0.2, 0.25) is 0 Å². The van der Waals surface area contributed by atoms with E-state index in [0.717, 1.165) is 13.0 Å². The molecule has 2 rings (SSSR count). The summed E-state index contributed by atoms with van der Waals surface area (Å²) >= 11 is 0. The molecule has 0 spiro atoms. The molecule has 1 aromatic rings. The van der Waals surface area contributed by atoms with Gasteiger partial charge in [0.05, 0.1) is 6.61 Å². The van der Waals surface area contributed by atoms with E-state index in [1.165, 1.54) is 11.1 Å². The summed E-state index contributed by atoms with van der Waals surface area (Å²) in [6.07, 6.45) is 1.12. The maximum atomic E-state index is 5.70. The number of hydrogen-bond donors (Lipinski definition) is 1. The topological polar surface area (TPSA) is 21.3 Å². The Hall–Kier alpha value is -0.570. The van der Waals surface area contributed by atoms with Gasteiger partial charge in [0.1, 0.15) is 6.23 Å². The van der Waals surface area contributed by atoms with Crippen molar-refractivity contribution >= 4 is 12.4 Å². The van der Waals surface area contributed by atoms with Crippen LogP contribution in [0.25, 0.3) is 0 Å². The maximum absolute atomic E-state index is 5.70. The molecule has 16 heavy (non-hydrogen) atoms. The van der Waals surface area contributed by atoms with E-state index >= 15 is 0 Å². The van der Waals surface area contributed by atoms with E-state index in [1.54, 1.807) is 0 Å². The third-order valence-corrected chi connectivity index (χ3v) is 2.70. The maximum Gasteiger partial charge on any atom is 0.112 e. The number of hydrogen-bond acceptors (Lipinski definition) is 2. The van der Waals surface area contributed by atoms with Crippen molar-refractivity contribution in [3.63, 3.8) is 0 Å². The monoisotopic (exact) mass is 241 g/mol. The second-order valence-corrected chi connectivity index (χ2v) is 5.02. The molecular weight excluding hydrogens is 222 g/mol. The smallest absolute Gasteiger partial charge is 0.112 e. The van der Waals surface area contributed by atoms with Gasteiger partial charge in [-0.25, -0.2) is 0 Å². The minimum Gasteiger partial charge on any atom is -0.361 e. The van der Waals surface area contributed by atoms with Crippen LogP contribution in [0, 0.1) is 6.92 Å². The van der Waals surface area contributed by atoms with Crippen LogP contribution >= 0.6 is 12.4 Å². The van der Waals surface area contributed by atoms with Crippen molar-refractivity contribution in [2.75, 3.05) is 6.61 Å². The zero-order valence-electron chi connectivity index (χ0n) is 10.1. The van der Waals surface area contributed by atoms with Gasteiger partial charge in [0.2, 0.25) is 0 Å². The highest BCUT2D eigenvalue weighted by Gasteiger charge is 2.30. The first-order chi connectivity index (χ1) is 7.05. The molecule has 0 amide bonds. The Morgan fingerprint density at radius 3 is 2.75 bits per heavy atom. The number of ether oxygens (including phenoxy) is 1. The van der Waals surface area contributed by atoms with Crippen LogP contribution in [0.1, 0.15) is 25.0 Å². The molecule has 1 fully saturated rings. The normalized spacial score (nSPS) is 22.8. The van der Waals surface area contributed by atoms with Crippen molar-refractivity contribution in [3.8, 4) is 0 Å². The summed E-state index contributed by atoms with van der Waals surface area (Å²) < 4.78 is 5.70. The highest BCUT2D eigenvalue weighted by Crippen LogP contribution is 2.17. The molecule has 1 aliphatic rings. The molecule has 1 unspecified atom stereocenters. The fraction of sp³-hybridized carbons (Fsp3) is 0.538. The number of rotatable bonds is 2. The van der Waals surface area contributed by atoms with Gasteiger partial charge in [0, 0.05) is 12.0 Å². The molecule has 1 saturated heterocycles. The zero-order chi connectivity index (χ0) is 10.9. The first-order valence-electron chi connectivity index (χ1n) is 5.50. The first-order valence-corrected chi connectivity index (χ1v) is 5.50. The summed E-state index contributed by atoms with van der Waals surface area (Å²) in [6, 6.07) is 8.60. The van der Waals surface area contributed by atoms with Gasteiger partial charge in [0.15, 0.2) is 0 Å². The molecule has 0 aromatic heterocycles. The van der Waals surface area contributed by atoms with Crippen LogP contribution in [-0.4, -0.2) is 18.4 Å². The molecule has 1 heterocycles. The first kappa shape index (κ1) is 13.5. The van der Waals surface area contributed by atoms with E-state index in [4.69, 9.17) is 4.74 Å². The lowest BCUT2D eigenvalue weighted by Gasteiger charge is -2.17. The van der Waals surface area contributed by atoms with Gasteiger partial charge >= 0.3 is 0 Å². The molecule has 90 valence electrons. The molecule has 0 bridgehead atoms. The molecular formula is C13H20ClNO. The van der Waals surface area contributed by atoms with Gasteiger partial charge in [-0.1, -0.05) is 29.8 Å².